The lowest BCUT2D eigenvalue weighted by atomic mass is 9.97. The van der Waals surface area contributed by atoms with Crippen LogP contribution < -0.4 is 5.56 Å². The van der Waals surface area contributed by atoms with Crippen molar-refractivity contribution < 1.29 is 14.1 Å². The molecule has 0 aliphatic carbocycles. The Morgan fingerprint density at radius 1 is 0.902 bits per heavy atom. The molecule has 0 saturated heterocycles. The van der Waals surface area contributed by atoms with Gasteiger partial charge in [-0.1, -0.05) is 77.4 Å². The minimum Gasteiger partial charge on any atom is -0.460 e. The lowest BCUT2D eigenvalue weighted by Gasteiger charge is -2.10. The number of para-hydroxylation sites is 1. The lowest BCUT2D eigenvalue weighted by Crippen LogP contribution is -2.21. The van der Waals surface area contributed by atoms with Crippen LogP contribution >= 0.6 is 11.6 Å². The van der Waals surface area contributed by atoms with Crippen molar-refractivity contribution in [2.24, 2.45) is 0 Å². The molecule has 10 nitrogen and oxygen atoms in total. The third-order valence-corrected chi connectivity index (χ3v) is 6.91. The molecule has 0 bridgehead atoms. The normalized spacial score (nSPS) is 11.5. The molecule has 0 aliphatic heterocycles. The quantitative estimate of drug-likeness (QED) is 0.244. The van der Waals surface area contributed by atoms with Gasteiger partial charge in [-0.05, 0) is 36.8 Å². The van der Waals surface area contributed by atoms with E-state index in [1.165, 1.54) is 4.68 Å². The van der Waals surface area contributed by atoms with E-state index in [-0.39, 0.29) is 35.0 Å². The number of hydrogen-bond donors (Lipinski definition) is 0. The standard InChI is InChI=1S/C30H19ClN6O4/c1-2-40-29(39)26-34-37(20-11-7-4-8-12-20)30-33-25-23(28(38)36(26)30)21(17-13-15-19(31)16-14-17)22-24(35-41-27(22)32-25)18-9-5-3-6-10-18/h3-16H,2H2,1H3. The van der Waals surface area contributed by atoms with Crippen LogP contribution in [-0.2, 0) is 4.74 Å². The Labute approximate surface area is 236 Å². The largest absolute Gasteiger partial charge is 0.460 e. The summed E-state index contributed by atoms with van der Waals surface area (Å²) in [7, 11) is 0. The first kappa shape index (κ1) is 24.7. The number of benzene rings is 3. The fourth-order valence-corrected chi connectivity index (χ4v) is 5.01. The Hall–Kier alpha value is -5.35. The fourth-order valence-electron chi connectivity index (χ4n) is 4.89. The van der Waals surface area contributed by atoms with Gasteiger partial charge < -0.3 is 9.26 Å². The van der Waals surface area contributed by atoms with Crippen molar-refractivity contribution in [3.63, 3.8) is 0 Å². The second-order valence-electron chi connectivity index (χ2n) is 9.11. The Balaban J connectivity index is 1.66. The molecule has 4 aromatic heterocycles. The molecule has 7 aromatic rings. The predicted octanol–water partition coefficient (Wildman–Crippen LogP) is 5.73. The zero-order valence-electron chi connectivity index (χ0n) is 21.5. The molecule has 3 aromatic carbocycles. The van der Waals surface area contributed by atoms with Gasteiger partial charge in [-0.25, -0.2) is 9.20 Å². The molecule has 4 heterocycles. The highest BCUT2D eigenvalue weighted by atomic mass is 35.5. The van der Waals surface area contributed by atoms with E-state index in [1.807, 2.05) is 48.5 Å². The van der Waals surface area contributed by atoms with E-state index < -0.39 is 11.5 Å². The van der Waals surface area contributed by atoms with Gasteiger partial charge in [0.15, 0.2) is 5.65 Å². The van der Waals surface area contributed by atoms with Crippen LogP contribution in [0.5, 0.6) is 0 Å². The molecule has 11 heteroatoms. The van der Waals surface area contributed by atoms with E-state index in [4.69, 9.17) is 25.8 Å². The van der Waals surface area contributed by atoms with Gasteiger partial charge in [0.05, 0.1) is 23.1 Å². The number of carbonyl (C=O) groups excluding carboxylic acids is 1. The number of rotatable bonds is 5. The van der Waals surface area contributed by atoms with Crippen LogP contribution in [0.1, 0.15) is 17.5 Å². The first-order chi connectivity index (χ1) is 20.0. The molecular formula is C30H19ClN6O4. The molecule has 7 rings (SSSR count). The van der Waals surface area contributed by atoms with Gasteiger partial charge in [0, 0.05) is 16.1 Å². The highest BCUT2D eigenvalue weighted by molar-refractivity contribution is 6.30. The number of esters is 1. The van der Waals surface area contributed by atoms with Crippen molar-refractivity contribution in [2.45, 2.75) is 6.92 Å². The smallest absolute Gasteiger partial charge is 0.376 e. The molecule has 0 radical (unpaired) electrons. The first-order valence-electron chi connectivity index (χ1n) is 12.7. The van der Waals surface area contributed by atoms with E-state index in [1.54, 1.807) is 43.3 Å². The summed E-state index contributed by atoms with van der Waals surface area (Å²) >= 11 is 6.21. The zero-order valence-corrected chi connectivity index (χ0v) is 22.2. The van der Waals surface area contributed by atoms with Gasteiger partial charge in [0.1, 0.15) is 5.69 Å². The summed E-state index contributed by atoms with van der Waals surface area (Å²) < 4.78 is 13.5. The average molecular weight is 563 g/mol. The zero-order chi connectivity index (χ0) is 28.1. The van der Waals surface area contributed by atoms with Crippen molar-refractivity contribution >= 4 is 45.5 Å². The van der Waals surface area contributed by atoms with Crippen LogP contribution in [0.2, 0.25) is 5.02 Å². The lowest BCUT2D eigenvalue weighted by molar-refractivity contribution is 0.0509. The van der Waals surface area contributed by atoms with Gasteiger partial charge in [-0.15, -0.1) is 5.10 Å². The maximum atomic E-state index is 14.5. The fraction of sp³-hybridized carbons (Fsp3) is 0.0667. The molecule has 41 heavy (non-hydrogen) atoms. The first-order valence-corrected chi connectivity index (χ1v) is 13.1. The van der Waals surface area contributed by atoms with E-state index in [0.717, 1.165) is 9.96 Å². The Morgan fingerprint density at radius 2 is 1.61 bits per heavy atom. The van der Waals surface area contributed by atoms with Crippen LogP contribution in [0.4, 0.5) is 0 Å². The van der Waals surface area contributed by atoms with E-state index in [9.17, 15) is 9.59 Å². The van der Waals surface area contributed by atoms with Crippen LogP contribution in [0, 0.1) is 0 Å². The Bertz CT molecular complexity index is 2150. The number of hydrogen-bond acceptors (Lipinski definition) is 8. The Kier molecular flexibility index (Phi) is 5.83. The second-order valence-corrected chi connectivity index (χ2v) is 9.55. The number of fused-ring (bicyclic) bond motifs is 3. The molecule has 0 atom stereocenters. The highest BCUT2D eigenvalue weighted by Gasteiger charge is 2.28. The third kappa shape index (κ3) is 3.95. The van der Waals surface area contributed by atoms with Crippen molar-refractivity contribution in [1.82, 2.24) is 29.3 Å². The highest BCUT2D eigenvalue weighted by Crippen LogP contribution is 2.39. The SMILES string of the molecule is CCOC(=O)c1nn(-c2ccccc2)c2nc3nc4onc(-c5ccccc5)c4c(-c4ccc(Cl)cc4)c3c(=O)n12. The van der Waals surface area contributed by atoms with Crippen LogP contribution in [0.25, 0.3) is 56.0 Å². The van der Waals surface area contributed by atoms with E-state index >= 15 is 0 Å². The molecule has 0 fully saturated rings. The van der Waals surface area contributed by atoms with Crippen molar-refractivity contribution in [1.29, 1.82) is 0 Å². The number of pyridine rings is 1. The number of aromatic nitrogens is 6. The van der Waals surface area contributed by atoms with E-state index in [2.05, 4.69) is 15.2 Å². The molecule has 0 saturated carbocycles. The minimum atomic E-state index is -0.757. The molecule has 0 aliphatic rings. The van der Waals surface area contributed by atoms with Gasteiger partial charge in [0.2, 0.25) is 11.6 Å². The van der Waals surface area contributed by atoms with Crippen LogP contribution in [0.15, 0.2) is 94.2 Å². The van der Waals surface area contributed by atoms with Gasteiger partial charge in [-0.3, -0.25) is 4.79 Å². The number of nitrogens with zero attached hydrogens (tertiary/aromatic N) is 6. The molecule has 0 unspecified atom stereocenters. The second kappa shape index (κ2) is 9.68. The maximum absolute atomic E-state index is 14.5. The van der Waals surface area contributed by atoms with Crippen molar-refractivity contribution in [3.05, 3.63) is 106 Å². The predicted molar refractivity (Wildman–Crippen MR) is 153 cm³/mol. The molecular weight excluding hydrogens is 544 g/mol. The minimum absolute atomic E-state index is 0.0912. The molecule has 0 N–H and O–H groups in total. The van der Waals surface area contributed by atoms with Crippen LogP contribution in [0.3, 0.4) is 0 Å². The van der Waals surface area contributed by atoms with Crippen LogP contribution in [-0.4, -0.2) is 41.9 Å². The maximum Gasteiger partial charge on any atom is 0.376 e. The van der Waals surface area contributed by atoms with Gasteiger partial charge in [-0.2, -0.15) is 14.6 Å². The summed E-state index contributed by atoms with van der Waals surface area (Å²) in [6.07, 6.45) is 0. The summed E-state index contributed by atoms with van der Waals surface area (Å²) in [6, 6.07) is 25.6. The number of halogens is 1. The van der Waals surface area contributed by atoms with Crippen molar-refractivity contribution in [2.75, 3.05) is 6.61 Å². The molecule has 0 amide bonds. The van der Waals surface area contributed by atoms with Gasteiger partial charge >= 0.3 is 5.97 Å². The van der Waals surface area contributed by atoms with Gasteiger partial charge in [0.25, 0.3) is 11.3 Å². The third-order valence-electron chi connectivity index (χ3n) is 6.66. The number of carbonyl (C=O) groups is 1. The topological polar surface area (TPSA) is 117 Å². The number of ether oxygens (including phenoxy) is 1. The monoisotopic (exact) mass is 562 g/mol. The Morgan fingerprint density at radius 3 is 2.32 bits per heavy atom. The summed E-state index contributed by atoms with van der Waals surface area (Å²) in [6.45, 7) is 1.79. The summed E-state index contributed by atoms with van der Waals surface area (Å²) in [5, 5.41) is 10.0. The van der Waals surface area contributed by atoms with Crippen molar-refractivity contribution in [3.8, 4) is 28.1 Å². The summed E-state index contributed by atoms with van der Waals surface area (Å²) in [5.41, 5.74) is 2.81. The molecule has 0 spiro atoms. The average Bonchev–Trinajstić information content (AvgIpc) is 3.60. The summed E-state index contributed by atoms with van der Waals surface area (Å²) in [5.74, 6) is -0.873. The van der Waals surface area contributed by atoms with E-state index in [0.29, 0.717) is 32.9 Å². The molecule has 200 valence electrons. The summed E-state index contributed by atoms with van der Waals surface area (Å²) in [4.78, 5) is 36.9.